The Kier molecular flexibility index (Phi) is 4.07. The van der Waals surface area contributed by atoms with E-state index < -0.39 is 0 Å². The molecule has 1 heterocycles. The first-order valence-corrected chi connectivity index (χ1v) is 7.43. The van der Waals surface area contributed by atoms with Gasteiger partial charge in [-0.15, -0.1) is 0 Å². The van der Waals surface area contributed by atoms with E-state index in [0.717, 1.165) is 33.4 Å². The molecule has 1 aromatic heterocycles. The minimum atomic E-state index is 0.699. The number of nitrogens with zero attached hydrogens (tertiary/aromatic N) is 2. The van der Waals surface area contributed by atoms with Gasteiger partial charge in [0.15, 0.2) is 0 Å². The van der Waals surface area contributed by atoms with Crippen LogP contribution in [-0.2, 0) is 0 Å². The third-order valence-corrected chi connectivity index (χ3v) is 3.65. The number of hydrogen-bond acceptors (Lipinski definition) is 3. The molecule has 0 aliphatic heterocycles. The molecule has 0 unspecified atom stereocenters. The lowest BCUT2D eigenvalue weighted by atomic mass is 10.1. The molecule has 0 radical (unpaired) electrons. The molecule has 0 fully saturated rings. The molecular weight excluding hydrogens is 294 g/mol. The van der Waals surface area contributed by atoms with Crippen LogP contribution in [0.1, 0.15) is 16.8 Å². The summed E-state index contributed by atoms with van der Waals surface area (Å²) in [4.78, 5) is 4.60. The van der Waals surface area contributed by atoms with Gasteiger partial charge in [0.25, 0.3) is 0 Å². The average molecular weight is 310 g/mol. The second-order valence-corrected chi connectivity index (χ2v) is 5.64. The zero-order chi connectivity index (χ0) is 15.5. The fourth-order valence-corrected chi connectivity index (χ4v) is 2.57. The minimum Gasteiger partial charge on any atom is -0.278 e. The molecule has 0 aliphatic carbocycles. The monoisotopic (exact) mass is 309 g/mol. The van der Waals surface area contributed by atoms with Gasteiger partial charge in [0.1, 0.15) is 0 Å². The van der Waals surface area contributed by atoms with E-state index in [1.165, 1.54) is 0 Å². The summed E-state index contributed by atoms with van der Waals surface area (Å²) in [6.45, 7) is 4.05. The van der Waals surface area contributed by atoms with Crippen LogP contribution in [0.5, 0.6) is 0 Å². The SMILES string of the molecule is Cc1cc(N/N=C/c2cccc(Cl)c2)c2cccc(C)c2n1. The Morgan fingerprint density at radius 1 is 1.09 bits per heavy atom. The maximum Gasteiger partial charge on any atom is 0.0755 e. The van der Waals surface area contributed by atoms with Crippen LogP contribution < -0.4 is 5.43 Å². The zero-order valence-corrected chi connectivity index (χ0v) is 13.2. The molecule has 3 nitrogen and oxygen atoms in total. The first-order valence-electron chi connectivity index (χ1n) is 7.05. The molecular formula is C18H16ClN3. The van der Waals surface area contributed by atoms with E-state index in [1.54, 1.807) is 6.21 Å². The van der Waals surface area contributed by atoms with Crippen molar-refractivity contribution in [2.24, 2.45) is 5.10 Å². The highest BCUT2D eigenvalue weighted by Gasteiger charge is 2.05. The number of nitrogens with one attached hydrogen (secondary N) is 1. The fourth-order valence-electron chi connectivity index (χ4n) is 2.38. The highest BCUT2D eigenvalue weighted by atomic mass is 35.5. The summed E-state index contributed by atoms with van der Waals surface area (Å²) in [5.41, 5.74) is 8.13. The molecule has 0 atom stereocenters. The smallest absolute Gasteiger partial charge is 0.0755 e. The van der Waals surface area contributed by atoms with Crippen molar-refractivity contribution < 1.29 is 0 Å². The van der Waals surface area contributed by atoms with Crippen molar-refractivity contribution in [1.82, 2.24) is 4.98 Å². The number of benzene rings is 2. The van der Waals surface area contributed by atoms with E-state index in [-0.39, 0.29) is 0 Å². The number of hydrogen-bond donors (Lipinski definition) is 1. The molecule has 22 heavy (non-hydrogen) atoms. The molecule has 0 saturated carbocycles. The van der Waals surface area contributed by atoms with Crippen molar-refractivity contribution >= 4 is 34.4 Å². The predicted octanol–water partition coefficient (Wildman–Crippen LogP) is 4.95. The number of fused-ring (bicyclic) bond motifs is 1. The normalized spacial score (nSPS) is 11.2. The Hall–Kier alpha value is -2.39. The summed E-state index contributed by atoms with van der Waals surface area (Å²) in [6.07, 6.45) is 1.75. The maximum absolute atomic E-state index is 5.97. The Bertz CT molecular complexity index is 856. The first-order chi connectivity index (χ1) is 10.6. The van der Waals surface area contributed by atoms with Crippen molar-refractivity contribution in [2.75, 3.05) is 5.43 Å². The van der Waals surface area contributed by atoms with E-state index in [2.05, 4.69) is 28.5 Å². The van der Waals surface area contributed by atoms with Crippen LogP contribution in [0.15, 0.2) is 53.6 Å². The third kappa shape index (κ3) is 3.10. The maximum atomic E-state index is 5.97. The molecule has 0 aliphatic rings. The van der Waals surface area contributed by atoms with Gasteiger partial charge in [0, 0.05) is 16.1 Å². The van der Waals surface area contributed by atoms with E-state index in [1.807, 2.05) is 49.4 Å². The summed E-state index contributed by atoms with van der Waals surface area (Å²) >= 11 is 5.97. The van der Waals surface area contributed by atoms with Gasteiger partial charge >= 0.3 is 0 Å². The minimum absolute atomic E-state index is 0.699. The molecule has 2 aromatic carbocycles. The first kappa shape index (κ1) is 14.5. The standard InChI is InChI=1S/C18H16ClN3/c1-12-5-3-8-16-17(9-13(2)21-18(12)16)22-20-11-14-6-4-7-15(19)10-14/h3-11H,1-2H3,(H,21,22)/b20-11+. The lowest BCUT2D eigenvalue weighted by Crippen LogP contribution is -1.95. The molecule has 4 heteroatoms. The summed E-state index contributed by atoms with van der Waals surface area (Å²) in [5.74, 6) is 0. The van der Waals surface area contributed by atoms with Gasteiger partial charge in [0.05, 0.1) is 17.4 Å². The summed E-state index contributed by atoms with van der Waals surface area (Å²) in [6, 6.07) is 15.7. The number of anilines is 1. The number of aromatic nitrogens is 1. The number of hydrazone groups is 1. The van der Waals surface area contributed by atoms with E-state index in [4.69, 9.17) is 11.6 Å². The van der Waals surface area contributed by atoms with Gasteiger partial charge in [-0.2, -0.15) is 5.10 Å². The highest BCUT2D eigenvalue weighted by Crippen LogP contribution is 2.25. The van der Waals surface area contributed by atoms with E-state index >= 15 is 0 Å². The predicted molar refractivity (Wildman–Crippen MR) is 93.9 cm³/mol. The number of aryl methyl sites for hydroxylation is 2. The van der Waals surface area contributed by atoms with Crippen LogP contribution >= 0.6 is 11.6 Å². The summed E-state index contributed by atoms with van der Waals surface area (Å²) in [7, 11) is 0. The number of pyridine rings is 1. The Morgan fingerprint density at radius 2 is 1.91 bits per heavy atom. The molecule has 0 spiro atoms. The molecule has 0 amide bonds. The van der Waals surface area contributed by atoms with Crippen molar-refractivity contribution in [3.8, 4) is 0 Å². The quantitative estimate of drug-likeness (QED) is 0.549. The lowest BCUT2D eigenvalue weighted by Gasteiger charge is -2.08. The molecule has 3 aromatic rings. The van der Waals surface area contributed by atoms with Crippen LogP contribution in [0.4, 0.5) is 5.69 Å². The molecule has 110 valence electrons. The molecule has 0 saturated heterocycles. The fraction of sp³-hybridized carbons (Fsp3) is 0.111. The van der Waals surface area contributed by atoms with Gasteiger partial charge in [-0.1, -0.05) is 41.9 Å². The average Bonchev–Trinajstić information content (AvgIpc) is 2.48. The Balaban J connectivity index is 1.92. The van der Waals surface area contributed by atoms with Crippen LogP contribution in [-0.4, -0.2) is 11.2 Å². The number of para-hydroxylation sites is 1. The van der Waals surface area contributed by atoms with Gasteiger partial charge in [0.2, 0.25) is 0 Å². The molecule has 3 rings (SSSR count). The van der Waals surface area contributed by atoms with Crippen molar-refractivity contribution in [1.29, 1.82) is 0 Å². The van der Waals surface area contributed by atoms with Gasteiger partial charge < -0.3 is 0 Å². The number of rotatable bonds is 3. The second kappa shape index (κ2) is 6.16. The van der Waals surface area contributed by atoms with Gasteiger partial charge in [-0.25, -0.2) is 0 Å². The van der Waals surface area contributed by atoms with E-state index in [9.17, 15) is 0 Å². The van der Waals surface area contributed by atoms with Crippen LogP contribution in [0.2, 0.25) is 5.02 Å². The third-order valence-electron chi connectivity index (χ3n) is 3.42. The Morgan fingerprint density at radius 3 is 2.73 bits per heavy atom. The van der Waals surface area contributed by atoms with Crippen LogP contribution in [0.3, 0.4) is 0 Å². The summed E-state index contributed by atoms with van der Waals surface area (Å²) in [5, 5.41) is 6.08. The summed E-state index contributed by atoms with van der Waals surface area (Å²) < 4.78 is 0. The van der Waals surface area contributed by atoms with Crippen molar-refractivity contribution in [2.45, 2.75) is 13.8 Å². The molecule has 1 N–H and O–H groups in total. The largest absolute Gasteiger partial charge is 0.278 e. The lowest BCUT2D eigenvalue weighted by molar-refractivity contribution is 1.23. The van der Waals surface area contributed by atoms with Gasteiger partial charge in [-0.05, 0) is 43.2 Å². The van der Waals surface area contributed by atoms with Gasteiger partial charge in [-0.3, -0.25) is 10.4 Å². The highest BCUT2D eigenvalue weighted by molar-refractivity contribution is 6.30. The zero-order valence-electron chi connectivity index (χ0n) is 12.5. The van der Waals surface area contributed by atoms with Crippen LogP contribution in [0, 0.1) is 13.8 Å². The van der Waals surface area contributed by atoms with Crippen molar-refractivity contribution in [3.05, 3.63) is 70.4 Å². The Labute approximate surface area is 134 Å². The topological polar surface area (TPSA) is 37.3 Å². The van der Waals surface area contributed by atoms with Crippen LogP contribution in [0.25, 0.3) is 10.9 Å². The van der Waals surface area contributed by atoms with Crippen molar-refractivity contribution in [3.63, 3.8) is 0 Å². The number of halogens is 1. The van der Waals surface area contributed by atoms with E-state index in [0.29, 0.717) is 5.02 Å². The second-order valence-electron chi connectivity index (χ2n) is 5.21. The molecule has 0 bridgehead atoms.